The van der Waals surface area contributed by atoms with Gasteiger partial charge in [0, 0.05) is 37.3 Å². The number of carbonyl (C=O) groups excluding carboxylic acids is 3. The highest BCUT2D eigenvalue weighted by Gasteiger charge is 2.44. The summed E-state index contributed by atoms with van der Waals surface area (Å²) in [4.78, 5) is 42.8. The third-order valence-corrected chi connectivity index (χ3v) is 6.75. The van der Waals surface area contributed by atoms with E-state index in [4.69, 9.17) is 4.74 Å². The number of rotatable bonds is 8. The van der Waals surface area contributed by atoms with Crippen LogP contribution in [0, 0.1) is 5.92 Å². The zero-order valence-electron chi connectivity index (χ0n) is 20.0. The minimum Gasteiger partial charge on any atom is -0.497 e. The molecule has 0 saturated carbocycles. The van der Waals surface area contributed by atoms with Crippen molar-refractivity contribution in [1.29, 1.82) is 0 Å². The van der Waals surface area contributed by atoms with Crippen LogP contribution in [-0.4, -0.2) is 54.3 Å². The van der Waals surface area contributed by atoms with Crippen molar-refractivity contribution in [2.45, 2.75) is 45.1 Å². The Morgan fingerprint density at radius 3 is 2.50 bits per heavy atom. The van der Waals surface area contributed by atoms with E-state index in [-0.39, 0.29) is 30.2 Å². The van der Waals surface area contributed by atoms with Gasteiger partial charge in [0.05, 0.1) is 19.1 Å². The Bertz CT molecular complexity index is 1030. The quantitative estimate of drug-likeness (QED) is 0.635. The van der Waals surface area contributed by atoms with Crippen LogP contribution in [0.1, 0.15) is 61.0 Å². The maximum absolute atomic E-state index is 13.4. The number of nitrogens with one attached hydrogen (secondary N) is 1. The van der Waals surface area contributed by atoms with E-state index in [0.717, 1.165) is 50.1 Å². The summed E-state index contributed by atoms with van der Waals surface area (Å²) in [6.45, 7) is 4.26. The van der Waals surface area contributed by atoms with Gasteiger partial charge in [0.15, 0.2) is 0 Å². The van der Waals surface area contributed by atoms with E-state index in [9.17, 15) is 14.4 Å². The second kappa shape index (κ2) is 10.7. The highest BCUT2D eigenvalue weighted by atomic mass is 16.5. The number of hydrogen-bond acceptors (Lipinski definition) is 4. The fourth-order valence-corrected chi connectivity index (χ4v) is 4.90. The molecule has 7 heteroatoms. The Balaban J connectivity index is 1.55. The molecule has 2 saturated heterocycles. The Morgan fingerprint density at radius 1 is 1.09 bits per heavy atom. The molecule has 2 aromatic carbocycles. The van der Waals surface area contributed by atoms with Gasteiger partial charge in [0.2, 0.25) is 11.8 Å². The van der Waals surface area contributed by atoms with Crippen LogP contribution in [-0.2, 0) is 9.59 Å². The predicted molar refractivity (Wildman–Crippen MR) is 131 cm³/mol. The number of nitrogens with zero attached hydrogens (tertiary/aromatic N) is 2. The van der Waals surface area contributed by atoms with Crippen molar-refractivity contribution in [2.24, 2.45) is 5.92 Å². The zero-order chi connectivity index (χ0) is 24.1. The van der Waals surface area contributed by atoms with Crippen LogP contribution in [0.5, 0.6) is 5.75 Å². The normalized spacial score (nSPS) is 20.0. The van der Waals surface area contributed by atoms with E-state index in [2.05, 4.69) is 12.2 Å². The molecule has 2 atom stereocenters. The molecule has 0 bridgehead atoms. The number of carbonyl (C=O) groups is 3. The summed E-state index contributed by atoms with van der Waals surface area (Å²) in [5.74, 6) is -0.0119. The molecule has 2 aliphatic rings. The van der Waals surface area contributed by atoms with Gasteiger partial charge < -0.3 is 19.9 Å². The molecule has 2 heterocycles. The first kappa shape index (κ1) is 23.8. The molecule has 7 nitrogen and oxygen atoms in total. The van der Waals surface area contributed by atoms with Gasteiger partial charge in [-0.3, -0.25) is 14.4 Å². The smallest absolute Gasteiger partial charge is 0.253 e. The first-order chi connectivity index (χ1) is 16.5. The lowest BCUT2D eigenvalue weighted by atomic mass is 9.92. The number of methoxy groups -OCH3 is 1. The van der Waals surface area contributed by atoms with E-state index < -0.39 is 5.92 Å². The van der Waals surface area contributed by atoms with Gasteiger partial charge in [0.25, 0.3) is 5.91 Å². The second-order valence-electron chi connectivity index (χ2n) is 9.04. The molecule has 3 amide bonds. The number of unbranched alkanes of at least 4 members (excludes halogenated alkanes) is 1. The highest BCUT2D eigenvalue weighted by Crippen LogP contribution is 2.39. The molecule has 34 heavy (non-hydrogen) atoms. The number of benzene rings is 2. The minimum atomic E-state index is -0.518. The van der Waals surface area contributed by atoms with E-state index in [1.165, 1.54) is 0 Å². The van der Waals surface area contributed by atoms with E-state index >= 15 is 0 Å². The number of ether oxygens (including phenoxy) is 1. The molecule has 2 aliphatic heterocycles. The van der Waals surface area contributed by atoms with Gasteiger partial charge in [-0.05, 0) is 55.2 Å². The summed E-state index contributed by atoms with van der Waals surface area (Å²) < 4.78 is 5.27. The molecular weight excluding hydrogens is 430 g/mol. The van der Waals surface area contributed by atoms with Crippen LogP contribution in [0.3, 0.4) is 0 Å². The summed E-state index contributed by atoms with van der Waals surface area (Å²) in [7, 11) is 1.61. The Morgan fingerprint density at radius 2 is 1.82 bits per heavy atom. The molecule has 2 aromatic rings. The molecule has 2 fully saturated rings. The maximum atomic E-state index is 13.4. The fraction of sp³-hybridized carbons (Fsp3) is 0.444. The molecule has 0 aliphatic carbocycles. The average molecular weight is 464 g/mol. The first-order valence-electron chi connectivity index (χ1n) is 12.2. The van der Waals surface area contributed by atoms with Crippen molar-refractivity contribution < 1.29 is 19.1 Å². The van der Waals surface area contributed by atoms with Crippen molar-refractivity contribution >= 4 is 23.4 Å². The van der Waals surface area contributed by atoms with Gasteiger partial charge in [-0.15, -0.1) is 0 Å². The van der Waals surface area contributed by atoms with E-state index in [0.29, 0.717) is 17.8 Å². The van der Waals surface area contributed by atoms with Crippen molar-refractivity contribution in [3.8, 4) is 5.75 Å². The molecule has 0 spiro atoms. The van der Waals surface area contributed by atoms with Crippen molar-refractivity contribution in [2.75, 3.05) is 32.1 Å². The standard InChI is InChI=1S/C27H33N3O4/c1-3-4-16-30-24(31)18-23(25(30)19-10-12-22(34-2)13-11-19)26(32)28-21-9-7-8-20(17-21)27(33)29-14-5-6-15-29/h7-13,17,23,25H,3-6,14-16,18H2,1-2H3,(H,28,32). The highest BCUT2D eigenvalue weighted by molar-refractivity contribution is 6.00. The summed E-state index contributed by atoms with van der Waals surface area (Å²) >= 11 is 0. The predicted octanol–water partition coefficient (Wildman–Crippen LogP) is 4.26. The van der Waals surface area contributed by atoms with E-state index in [1.54, 1.807) is 31.4 Å². The van der Waals surface area contributed by atoms with E-state index in [1.807, 2.05) is 34.1 Å². The average Bonchev–Trinajstić information content (AvgIpc) is 3.51. The van der Waals surface area contributed by atoms with Crippen LogP contribution in [0.25, 0.3) is 0 Å². The minimum absolute atomic E-state index is 0.00706. The second-order valence-corrected chi connectivity index (χ2v) is 9.04. The maximum Gasteiger partial charge on any atom is 0.253 e. The largest absolute Gasteiger partial charge is 0.497 e. The van der Waals surface area contributed by atoms with Crippen LogP contribution in [0.4, 0.5) is 5.69 Å². The molecule has 180 valence electrons. The van der Waals surface area contributed by atoms with Crippen molar-refractivity contribution in [1.82, 2.24) is 9.80 Å². The third kappa shape index (κ3) is 5.08. The molecule has 0 radical (unpaired) electrons. The Hall–Kier alpha value is -3.35. The van der Waals surface area contributed by atoms with Crippen molar-refractivity contribution in [3.05, 3.63) is 59.7 Å². The van der Waals surface area contributed by atoms with Gasteiger partial charge in [-0.2, -0.15) is 0 Å². The molecule has 1 N–H and O–H groups in total. The lowest BCUT2D eigenvalue weighted by Crippen LogP contribution is -2.33. The van der Waals surface area contributed by atoms with Crippen LogP contribution in [0.15, 0.2) is 48.5 Å². The first-order valence-corrected chi connectivity index (χ1v) is 12.2. The lowest BCUT2D eigenvalue weighted by molar-refractivity contribution is -0.129. The van der Waals surface area contributed by atoms with Crippen molar-refractivity contribution in [3.63, 3.8) is 0 Å². The van der Waals surface area contributed by atoms with Crippen LogP contribution < -0.4 is 10.1 Å². The number of anilines is 1. The summed E-state index contributed by atoms with van der Waals surface area (Å²) in [5, 5.41) is 2.98. The Kier molecular flexibility index (Phi) is 7.50. The van der Waals surface area contributed by atoms with Crippen LogP contribution in [0.2, 0.25) is 0 Å². The lowest BCUT2D eigenvalue weighted by Gasteiger charge is -2.28. The van der Waals surface area contributed by atoms with Gasteiger partial charge in [0.1, 0.15) is 5.75 Å². The molecule has 0 aromatic heterocycles. The van der Waals surface area contributed by atoms with Crippen LogP contribution >= 0.6 is 0 Å². The zero-order valence-corrected chi connectivity index (χ0v) is 20.0. The summed E-state index contributed by atoms with van der Waals surface area (Å²) in [5.41, 5.74) is 2.06. The Labute approximate surface area is 201 Å². The third-order valence-electron chi connectivity index (χ3n) is 6.75. The topological polar surface area (TPSA) is 79.0 Å². The molecular formula is C27H33N3O4. The number of hydrogen-bond donors (Lipinski definition) is 1. The SMILES string of the molecule is CCCCN1C(=O)CC(C(=O)Nc2cccc(C(=O)N3CCCC3)c2)C1c1ccc(OC)cc1. The summed E-state index contributed by atoms with van der Waals surface area (Å²) in [6, 6.07) is 14.3. The number of amides is 3. The van der Waals surface area contributed by atoms with Gasteiger partial charge in [-0.25, -0.2) is 0 Å². The fourth-order valence-electron chi connectivity index (χ4n) is 4.90. The molecule has 4 rings (SSSR count). The monoisotopic (exact) mass is 463 g/mol. The summed E-state index contributed by atoms with van der Waals surface area (Å²) in [6.07, 6.45) is 4.07. The number of likely N-dealkylation sites (tertiary alicyclic amines) is 2. The van der Waals surface area contributed by atoms with Gasteiger partial charge in [-0.1, -0.05) is 31.5 Å². The van der Waals surface area contributed by atoms with Gasteiger partial charge >= 0.3 is 0 Å². The molecule has 2 unspecified atom stereocenters.